The van der Waals surface area contributed by atoms with Crippen molar-refractivity contribution in [2.45, 2.75) is 19.4 Å². The molecule has 1 N–H and O–H groups in total. The summed E-state index contributed by atoms with van der Waals surface area (Å²) in [5.74, 6) is 0.321. The number of nitro groups is 1. The first-order valence-corrected chi connectivity index (χ1v) is 7.85. The highest BCUT2D eigenvalue weighted by atomic mass is 16.6. The van der Waals surface area contributed by atoms with Gasteiger partial charge in [-0.3, -0.25) is 10.1 Å². The first kappa shape index (κ1) is 16.9. The maximum absolute atomic E-state index is 11.2. The molecule has 0 saturated heterocycles. The zero-order valence-corrected chi connectivity index (χ0v) is 14.0. The summed E-state index contributed by atoms with van der Waals surface area (Å²) in [6.07, 6.45) is -0.860. The van der Waals surface area contributed by atoms with E-state index >= 15 is 0 Å². The van der Waals surface area contributed by atoms with E-state index in [9.17, 15) is 15.2 Å². The molecule has 0 radical (unpaired) electrons. The molecule has 1 aromatic heterocycles. The number of hydrogen-bond donors (Lipinski definition) is 1. The number of pyridine rings is 1. The van der Waals surface area contributed by atoms with Crippen LogP contribution in [-0.2, 0) is 6.42 Å². The minimum atomic E-state index is -0.965. The van der Waals surface area contributed by atoms with Crippen LogP contribution in [0.25, 0.3) is 10.9 Å². The van der Waals surface area contributed by atoms with Crippen LogP contribution in [0.15, 0.2) is 48.5 Å². The molecule has 6 heteroatoms. The fraction of sp³-hybridized carbons (Fsp3) is 0.211. The molecule has 1 unspecified atom stereocenters. The number of aliphatic hydroxyl groups is 1. The average molecular weight is 338 g/mol. The molecule has 0 spiro atoms. The van der Waals surface area contributed by atoms with Gasteiger partial charge in [0.25, 0.3) is 5.69 Å². The Morgan fingerprint density at radius 1 is 1.24 bits per heavy atom. The first-order valence-electron chi connectivity index (χ1n) is 7.85. The molecule has 2 aromatic carbocycles. The van der Waals surface area contributed by atoms with Crippen LogP contribution < -0.4 is 4.74 Å². The fourth-order valence-corrected chi connectivity index (χ4v) is 2.89. The third-order valence-electron chi connectivity index (χ3n) is 4.11. The summed E-state index contributed by atoms with van der Waals surface area (Å²) in [5, 5.41) is 22.8. The molecule has 1 heterocycles. The Morgan fingerprint density at radius 2 is 2.00 bits per heavy atom. The Bertz CT molecular complexity index is 940. The summed E-state index contributed by atoms with van der Waals surface area (Å²) in [6.45, 7) is 1.86. The summed E-state index contributed by atoms with van der Waals surface area (Å²) in [7, 11) is 1.49. The normalized spacial score (nSPS) is 12.1. The van der Waals surface area contributed by atoms with E-state index in [1.807, 2.05) is 37.3 Å². The van der Waals surface area contributed by atoms with Gasteiger partial charge < -0.3 is 9.84 Å². The van der Waals surface area contributed by atoms with Crippen LogP contribution in [0.2, 0.25) is 0 Å². The predicted molar refractivity (Wildman–Crippen MR) is 94.8 cm³/mol. The highest BCUT2D eigenvalue weighted by Gasteiger charge is 2.21. The van der Waals surface area contributed by atoms with Crippen molar-refractivity contribution in [3.63, 3.8) is 0 Å². The number of fused-ring (bicyclic) bond motifs is 1. The molecule has 1 atom stereocenters. The number of para-hydroxylation sites is 1. The predicted octanol–water partition coefficient (Wildman–Crippen LogP) is 3.74. The van der Waals surface area contributed by atoms with Gasteiger partial charge >= 0.3 is 0 Å². The van der Waals surface area contributed by atoms with Crippen molar-refractivity contribution in [1.29, 1.82) is 0 Å². The molecule has 0 fully saturated rings. The number of nitro benzene ring substituents is 1. The number of aromatic nitrogens is 1. The van der Waals surface area contributed by atoms with E-state index in [2.05, 4.69) is 4.98 Å². The van der Waals surface area contributed by atoms with Gasteiger partial charge in [-0.05, 0) is 25.1 Å². The van der Waals surface area contributed by atoms with Crippen LogP contribution >= 0.6 is 0 Å². The minimum Gasteiger partial charge on any atom is -0.481 e. The third kappa shape index (κ3) is 3.44. The van der Waals surface area contributed by atoms with Gasteiger partial charge in [0.2, 0.25) is 5.88 Å². The molecule has 0 aliphatic heterocycles. The second kappa shape index (κ2) is 6.86. The van der Waals surface area contributed by atoms with Crippen molar-refractivity contribution in [2.75, 3.05) is 7.11 Å². The Morgan fingerprint density at radius 3 is 2.72 bits per heavy atom. The molecule has 0 amide bonds. The fourth-order valence-electron chi connectivity index (χ4n) is 2.89. The number of rotatable bonds is 5. The van der Waals surface area contributed by atoms with Crippen molar-refractivity contribution in [3.8, 4) is 5.88 Å². The topological polar surface area (TPSA) is 85.5 Å². The van der Waals surface area contributed by atoms with Crippen molar-refractivity contribution >= 4 is 16.6 Å². The molecule has 3 rings (SSSR count). The lowest BCUT2D eigenvalue weighted by Crippen LogP contribution is -2.07. The van der Waals surface area contributed by atoms with E-state index in [4.69, 9.17) is 4.74 Å². The second-order valence-corrected chi connectivity index (χ2v) is 5.89. The lowest BCUT2D eigenvalue weighted by atomic mass is 9.98. The SMILES string of the molecule is COc1nc2ccccc2cc1C(O)Cc1cc(C)ccc1[N+](=O)[O-]. The van der Waals surface area contributed by atoms with E-state index in [0.29, 0.717) is 17.0 Å². The van der Waals surface area contributed by atoms with Crippen LogP contribution in [0.4, 0.5) is 5.69 Å². The zero-order chi connectivity index (χ0) is 18.0. The summed E-state index contributed by atoms with van der Waals surface area (Å²) in [5.41, 5.74) is 2.65. The zero-order valence-electron chi connectivity index (χ0n) is 14.0. The van der Waals surface area contributed by atoms with E-state index in [0.717, 1.165) is 16.5 Å². The summed E-state index contributed by atoms with van der Waals surface area (Å²) in [6, 6.07) is 14.2. The summed E-state index contributed by atoms with van der Waals surface area (Å²) < 4.78 is 5.31. The second-order valence-electron chi connectivity index (χ2n) is 5.89. The Kier molecular flexibility index (Phi) is 4.63. The Hall–Kier alpha value is -2.99. The summed E-state index contributed by atoms with van der Waals surface area (Å²) in [4.78, 5) is 15.2. The highest BCUT2D eigenvalue weighted by Crippen LogP contribution is 2.32. The largest absolute Gasteiger partial charge is 0.481 e. The number of methoxy groups -OCH3 is 1. The number of hydrogen-bond acceptors (Lipinski definition) is 5. The number of benzene rings is 2. The standard InChI is InChI=1S/C19H18N2O4/c1-12-7-8-17(21(23)24)14(9-12)11-18(22)15-10-13-5-3-4-6-16(13)20-19(15)25-2/h3-10,18,22H,11H2,1-2H3. The van der Waals surface area contributed by atoms with E-state index in [-0.39, 0.29) is 12.1 Å². The van der Waals surface area contributed by atoms with Crippen LogP contribution in [0.3, 0.4) is 0 Å². The van der Waals surface area contributed by atoms with E-state index < -0.39 is 11.0 Å². The lowest BCUT2D eigenvalue weighted by Gasteiger charge is -2.15. The van der Waals surface area contributed by atoms with E-state index in [1.165, 1.54) is 13.2 Å². The van der Waals surface area contributed by atoms with Crippen molar-refractivity contribution in [3.05, 3.63) is 75.3 Å². The van der Waals surface area contributed by atoms with Crippen LogP contribution in [0, 0.1) is 17.0 Å². The van der Waals surface area contributed by atoms with Gasteiger partial charge in [0.1, 0.15) is 0 Å². The van der Waals surface area contributed by atoms with Gasteiger partial charge in [-0.1, -0.05) is 29.8 Å². The molecule has 0 aliphatic carbocycles. The van der Waals surface area contributed by atoms with Crippen LogP contribution in [0.1, 0.15) is 22.8 Å². The number of ether oxygens (including phenoxy) is 1. The smallest absolute Gasteiger partial charge is 0.272 e. The quantitative estimate of drug-likeness (QED) is 0.566. The van der Waals surface area contributed by atoms with Gasteiger partial charge in [-0.25, -0.2) is 4.98 Å². The molecule has 6 nitrogen and oxygen atoms in total. The Labute approximate surface area is 144 Å². The minimum absolute atomic E-state index is 0.00244. The number of nitrogens with zero attached hydrogens (tertiary/aromatic N) is 2. The summed E-state index contributed by atoms with van der Waals surface area (Å²) >= 11 is 0. The van der Waals surface area contributed by atoms with Crippen LogP contribution in [-0.4, -0.2) is 22.1 Å². The average Bonchev–Trinajstić information content (AvgIpc) is 2.60. The molecule has 0 bridgehead atoms. The Balaban J connectivity index is 2.01. The highest BCUT2D eigenvalue weighted by molar-refractivity contribution is 5.80. The van der Waals surface area contributed by atoms with Gasteiger partial charge in [-0.15, -0.1) is 0 Å². The van der Waals surface area contributed by atoms with Crippen molar-refractivity contribution < 1.29 is 14.8 Å². The van der Waals surface area contributed by atoms with Gasteiger partial charge in [0, 0.05) is 29.0 Å². The van der Waals surface area contributed by atoms with Crippen molar-refractivity contribution in [2.24, 2.45) is 0 Å². The molecule has 25 heavy (non-hydrogen) atoms. The van der Waals surface area contributed by atoms with Crippen LogP contribution in [0.5, 0.6) is 5.88 Å². The first-order chi connectivity index (χ1) is 12.0. The molecular formula is C19H18N2O4. The molecule has 3 aromatic rings. The van der Waals surface area contributed by atoms with Gasteiger partial charge in [0.05, 0.1) is 23.7 Å². The van der Waals surface area contributed by atoms with E-state index in [1.54, 1.807) is 12.1 Å². The van der Waals surface area contributed by atoms with Crippen molar-refractivity contribution in [1.82, 2.24) is 4.98 Å². The maximum atomic E-state index is 11.2. The number of aliphatic hydroxyl groups excluding tert-OH is 1. The maximum Gasteiger partial charge on any atom is 0.272 e. The molecular weight excluding hydrogens is 320 g/mol. The number of aryl methyl sites for hydroxylation is 1. The monoisotopic (exact) mass is 338 g/mol. The van der Waals surface area contributed by atoms with Gasteiger partial charge in [-0.2, -0.15) is 0 Å². The van der Waals surface area contributed by atoms with Gasteiger partial charge in [0.15, 0.2) is 0 Å². The molecule has 0 aliphatic rings. The molecule has 128 valence electrons. The molecule has 0 saturated carbocycles. The lowest BCUT2D eigenvalue weighted by molar-refractivity contribution is -0.385. The third-order valence-corrected chi connectivity index (χ3v) is 4.11.